The largest absolute Gasteiger partial charge is 0.479 e. The maximum Gasteiger partial charge on any atom is 0.268 e. The van der Waals surface area contributed by atoms with Crippen molar-refractivity contribution in [2.24, 2.45) is 0 Å². The predicted molar refractivity (Wildman–Crippen MR) is 89.7 cm³/mol. The van der Waals surface area contributed by atoms with E-state index in [1.807, 2.05) is 35.0 Å². The Morgan fingerprint density at radius 1 is 1.35 bits per heavy atom. The summed E-state index contributed by atoms with van der Waals surface area (Å²) in [4.78, 5) is 28.0. The molecule has 1 unspecified atom stereocenters. The maximum atomic E-state index is 12.5. The Labute approximate surface area is 139 Å². The number of carbonyl (C=O) groups excluding carboxylic acids is 2. The molecule has 0 saturated heterocycles. The van der Waals surface area contributed by atoms with Gasteiger partial charge >= 0.3 is 0 Å². The molecular weight excluding hydrogens is 312 g/mol. The maximum absolute atomic E-state index is 12.5. The number of likely N-dealkylation sites (N-methyl/N-ethyl adjacent to an activating group) is 1. The zero-order valence-corrected chi connectivity index (χ0v) is 13.9. The van der Waals surface area contributed by atoms with Gasteiger partial charge in [0.05, 0.1) is 5.69 Å². The molecule has 0 saturated carbocycles. The van der Waals surface area contributed by atoms with E-state index in [1.54, 1.807) is 36.3 Å². The minimum atomic E-state index is -0.583. The molecule has 0 spiro atoms. The molecule has 120 valence electrons. The molecule has 1 aliphatic heterocycles. The summed E-state index contributed by atoms with van der Waals surface area (Å²) in [7, 11) is 1.75. The monoisotopic (exact) mass is 330 g/mol. The van der Waals surface area contributed by atoms with Gasteiger partial charge in [0.1, 0.15) is 12.3 Å². The van der Waals surface area contributed by atoms with E-state index < -0.39 is 6.10 Å². The molecule has 5 nitrogen and oxygen atoms in total. The number of amides is 2. The van der Waals surface area contributed by atoms with Crippen LogP contribution in [0.5, 0.6) is 5.75 Å². The van der Waals surface area contributed by atoms with Crippen molar-refractivity contribution >= 4 is 28.8 Å². The molecule has 0 N–H and O–H groups in total. The number of anilines is 1. The van der Waals surface area contributed by atoms with Crippen LogP contribution < -0.4 is 9.64 Å². The first-order valence-electron chi connectivity index (χ1n) is 7.38. The number of para-hydroxylation sites is 2. The van der Waals surface area contributed by atoms with Crippen LogP contribution in [0.1, 0.15) is 12.5 Å². The van der Waals surface area contributed by atoms with Crippen LogP contribution in [0.25, 0.3) is 0 Å². The van der Waals surface area contributed by atoms with Gasteiger partial charge in [-0.25, -0.2) is 0 Å². The molecule has 2 amide bonds. The fourth-order valence-corrected chi connectivity index (χ4v) is 3.18. The third kappa shape index (κ3) is 3.22. The molecule has 0 radical (unpaired) electrons. The molecule has 3 rings (SSSR count). The van der Waals surface area contributed by atoms with Gasteiger partial charge in [-0.2, -0.15) is 11.3 Å². The Morgan fingerprint density at radius 3 is 2.87 bits per heavy atom. The number of rotatable bonds is 4. The highest BCUT2D eigenvalue weighted by molar-refractivity contribution is 7.07. The van der Waals surface area contributed by atoms with E-state index in [9.17, 15) is 9.59 Å². The van der Waals surface area contributed by atoms with E-state index in [0.717, 1.165) is 5.56 Å². The van der Waals surface area contributed by atoms with Crippen molar-refractivity contribution in [2.75, 3.05) is 18.5 Å². The van der Waals surface area contributed by atoms with Crippen molar-refractivity contribution in [2.45, 2.75) is 19.6 Å². The topological polar surface area (TPSA) is 49.9 Å². The van der Waals surface area contributed by atoms with Crippen molar-refractivity contribution in [3.63, 3.8) is 0 Å². The van der Waals surface area contributed by atoms with Crippen molar-refractivity contribution in [3.8, 4) is 5.75 Å². The minimum Gasteiger partial charge on any atom is -0.479 e. The summed E-state index contributed by atoms with van der Waals surface area (Å²) in [6, 6.07) is 9.28. The Hall–Kier alpha value is -2.34. The second kappa shape index (κ2) is 6.42. The Bertz CT molecular complexity index is 714. The van der Waals surface area contributed by atoms with Gasteiger partial charge in [0.15, 0.2) is 6.10 Å². The van der Waals surface area contributed by atoms with Crippen molar-refractivity contribution in [3.05, 3.63) is 46.7 Å². The first-order valence-corrected chi connectivity index (χ1v) is 8.32. The molecule has 6 heteroatoms. The first-order chi connectivity index (χ1) is 11.1. The quantitative estimate of drug-likeness (QED) is 0.865. The second-order valence-electron chi connectivity index (χ2n) is 5.53. The molecule has 1 aromatic heterocycles. The lowest BCUT2D eigenvalue weighted by atomic mass is 10.2. The average Bonchev–Trinajstić information content (AvgIpc) is 3.04. The molecule has 2 heterocycles. The number of benzene rings is 1. The predicted octanol–water partition coefficient (Wildman–Crippen LogP) is 2.52. The van der Waals surface area contributed by atoms with E-state index in [4.69, 9.17) is 4.74 Å². The van der Waals surface area contributed by atoms with Gasteiger partial charge < -0.3 is 9.64 Å². The molecule has 1 aliphatic rings. The number of nitrogens with zero attached hydrogens (tertiary/aromatic N) is 2. The zero-order chi connectivity index (χ0) is 16.4. The highest BCUT2D eigenvalue weighted by atomic mass is 32.1. The molecular formula is C17H18N2O3S. The summed E-state index contributed by atoms with van der Waals surface area (Å²) in [5, 5.41) is 4.00. The van der Waals surface area contributed by atoms with Gasteiger partial charge in [0, 0.05) is 13.6 Å². The fraction of sp³-hybridized carbons (Fsp3) is 0.294. The van der Waals surface area contributed by atoms with Gasteiger partial charge in [-0.05, 0) is 41.4 Å². The normalized spacial score (nSPS) is 16.7. The van der Waals surface area contributed by atoms with Gasteiger partial charge in [0.25, 0.3) is 5.91 Å². The van der Waals surface area contributed by atoms with Crippen LogP contribution in [0.15, 0.2) is 41.1 Å². The lowest BCUT2D eigenvalue weighted by molar-refractivity contribution is -0.132. The number of ether oxygens (including phenoxy) is 1. The van der Waals surface area contributed by atoms with Crippen LogP contribution in [0.4, 0.5) is 5.69 Å². The van der Waals surface area contributed by atoms with Gasteiger partial charge in [0.2, 0.25) is 5.91 Å². The smallest absolute Gasteiger partial charge is 0.268 e. The van der Waals surface area contributed by atoms with Crippen LogP contribution in [-0.4, -0.2) is 36.4 Å². The highest BCUT2D eigenvalue weighted by Gasteiger charge is 2.33. The van der Waals surface area contributed by atoms with E-state index in [2.05, 4.69) is 0 Å². The molecule has 23 heavy (non-hydrogen) atoms. The lowest BCUT2D eigenvalue weighted by Gasteiger charge is -2.33. The highest BCUT2D eigenvalue weighted by Crippen LogP contribution is 2.33. The fourth-order valence-electron chi connectivity index (χ4n) is 2.52. The number of fused-ring (bicyclic) bond motifs is 1. The van der Waals surface area contributed by atoms with Crippen molar-refractivity contribution in [1.29, 1.82) is 0 Å². The minimum absolute atomic E-state index is 0.0180. The summed E-state index contributed by atoms with van der Waals surface area (Å²) in [5.41, 5.74) is 1.74. The van der Waals surface area contributed by atoms with E-state index in [-0.39, 0.29) is 18.4 Å². The second-order valence-corrected chi connectivity index (χ2v) is 6.31. The third-order valence-electron chi connectivity index (χ3n) is 3.79. The van der Waals surface area contributed by atoms with Crippen LogP contribution >= 0.6 is 11.3 Å². The van der Waals surface area contributed by atoms with E-state index >= 15 is 0 Å². The molecule has 1 atom stereocenters. The lowest BCUT2D eigenvalue weighted by Crippen LogP contribution is -2.48. The average molecular weight is 330 g/mol. The number of hydrogen-bond acceptors (Lipinski definition) is 4. The summed E-state index contributed by atoms with van der Waals surface area (Å²) < 4.78 is 5.59. The SMILES string of the molecule is CC1Oc2ccccc2N(CC(=O)N(C)Cc2ccsc2)C1=O. The summed E-state index contributed by atoms with van der Waals surface area (Å²) in [5.74, 6) is 0.335. The van der Waals surface area contributed by atoms with Gasteiger partial charge in [-0.1, -0.05) is 12.1 Å². The molecule has 0 bridgehead atoms. The summed E-state index contributed by atoms with van der Waals surface area (Å²) in [6.07, 6.45) is -0.583. The number of thiophene rings is 1. The third-order valence-corrected chi connectivity index (χ3v) is 4.52. The number of carbonyl (C=O) groups is 2. The molecule has 0 aliphatic carbocycles. The van der Waals surface area contributed by atoms with Gasteiger partial charge in [-0.3, -0.25) is 14.5 Å². The zero-order valence-electron chi connectivity index (χ0n) is 13.1. The molecule has 2 aromatic rings. The summed E-state index contributed by atoms with van der Waals surface area (Å²) >= 11 is 1.60. The Morgan fingerprint density at radius 2 is 2.13 bits per heavy atom. The van der Waals surface area contributed by atoms with Crippen LogP contribution in [0, 0.1) is 0 Å². The Balaban J connectivity index is 1.75. The van der Waals surface area contributed by atoms with Crippen molar-refractivity contribution in [1.82, 2.24) is 4.90 Å². The molecule has 0 fully saturated rings. The van der Waals surface area contributed by atoms with Crippen molar-refractivity contribution < 1.29 is 14.3 Å². The van der Waals surface area contributed by atoms with E-state index in [0.29, 0.717) is 18.0 Å². The summed E-state index contributed by atoms with van der Waals surface area (Å²) in [6.45, 7) is 2.26. The Kier molecular flexibility index (Phi) is 4.34. The van der Waals surface area contributed by atoms with Crippen LogP contribution in [-0.2, 0) is 16.1 Å². The first kappa shape index (κ1) is 15.6. The number of hydrogen-bond donors (Lipinski definition) is 0. The van der Waals surface area contributed by atoms with E-state index in [1.165, 1.54) is 4.90 Å². The van der Waals surface area contributed by atoms with Crippen LogP contribution in [0.2, 0.25) is 0 Å². The van der Waals surface area contributed by atoms with Gasteiger partial charge in [-0.15, -0.1) is 0 Å². The molecule has 1 aromatic carbocycles. The standard InChI is InChI=1S/C17H18N2O3S/c1-12-17(21)19(14-5-3-4-6-15(14)22-12)10-16(20)18(2)9-13-7-8-23-11-13/h3-8,11-12H,9-10H2,1-2H3. The van der Waals surface area contributed by atoms with Crippen LogP contribution in [0.3, 0.4) is 0 Å².